The topological polar surface area (TPSA) is 32.7 Å². The van der Waals surface area contributed by atoms with E-state index in [1.54, 1.807) is 0 Å². The van der Waals surface area contributed by atoms with Gasteiger partial charge in [-0.3, -0.25) is 4.90 Å². The van der Waals surface area contributed by atoms with Gasteiger partial charge >= 0.3 is 0 Å². The highest BCUT2D eigenvalue weighted by Crippen LogP contribution is 2.23. The first kappa shape index (κ1) is 14.0. The molecule has 100 valence electrons. The third-order valence-corrected chi connectivity index (χ3v) is 3.86. The summed E-state index contributed by atoms with van der Waals surface area (Å²) >= 11 is 3.44. The van der Waals surface area contributed by atoms with Crippen molar-refractivity contribution in [3.8, 4) is 0 Å². The van der Waals surface area contributed by atoms with Gasteiger partial charge in [-0.15, -0.1) is 0 Å². The fraction of sp³-hybridized carbons (Fsp3) is 0.571. The lowest BCUT2D eigenvalue weighted by molar-refractivity contribution is -0.0422. The van der Waals surface area contributed by atoms with Gasteiger partial charge in [0.05, 0.1) is 18.8 Å². The highest BCUT2D eigenvalue weighted by Gasteiger charge is 2.22. The van der Waals surface area contributed by atoms with E-state index in [4.69, 9.17) is 4.74 Å². The number of ether oxygens (including phenoxy) is 1. The van der Waals surface area contributed by atoms with Gasteiger partial charge in [-0.1, -0.05) is 35.0 Å². The van der Waals surface area contributed by atoms with E-state index in [9.17, 15) is 5.11 Å². The molecule has 2 unspecified atom stereocenters. The van der Waals surface area contributed by atoms with Crippen LogP contribution in [0.5, 0.6) is 0 Å². The van der Waals surface area contributed by atoms with Crippen molar-refractivity contribution in [1.82, 2.24) is 4.90 Å². The molecule has 0 bridgehead atoms. The van der Waals surface area contributed by atoms with E-state index < -0.39 is 0 Å². The molecule has 1 aliphatic rings. The predicted molar refractivity (Wildman–Crippen MR) is 75.6 cm³/mol. The molecule has 2 atom stereocenters. The summed E-state index contributed by atoms with van der Waals surface area (Å²) in [7, 11) is 0. The average Bonchev–Trinajstić information content (AvgIpc) is 2.40. The first-order chi connectivity index (χ1) is 8.69. The quantitative estimate of drug-likeness (QED) is 0.927. The van der Waals surface area contributed by atoms with Crippen LogP contribution in [0.3, 0.4) is 0 Å². The van der Waals surface area contributed by atoms with E-state index in [0.29, 0.717) is 0 Å². The number of hydrogen-bond donors (Lipinski definition) is 1. The fourth-order valence-corrected chi connectivity index (χ4v) is 2.44. The number of benzene rings is 1. The summed E-state index contributed by atoms with van der Waals surface area (Å²) in [5.74, 6) is 0. The summed E-state index contributed by atoms with van der Waals surface area (Å²) in [6.07, 6.45) is 0.699. The Hall–Kier alpha value is -0.420. The summed E-state index contributed by atoms with van der Waals surface area (Å²) < 4.78 is 6.89. The zero-order valence-electron chi connectivity index (χ0n) is 10.7. The maximum atomic E-state index is 9.71. The Kier molecular flexibility index (Phi) is 5.18. The monoisotopic (exact) mass is 313 g/mol. The van der Waals surface area contributed by atoms with Gasteiger partial charge in [-0.2, -0.15) is 0 Å². The highest BCUT2D eigenvalue weighted by molar-refractivity contribution is 9.10. The van der Waals surface area contributed by atoms with Gasteiger partial charge in [0.25, 0.3) is 0 Å². The van der Waals surface area contributed by atoms with E-state index in [1.165, 1.54) is 5.56 Å². The van der Waals surface area contributed by atoms with Crippen LogP contribution in [-0.2, 0) is 4.74 Å². The molecule has 1 aliphatic heterocycles. The summed E-state index contributed by atoms with van der Waals surface area (Å²) in [6, 6.07) is 8.26. The molecule has 1 N–H and O–H groups in total. The van der Waals surface area contributed by atoms with E-state index in [-0.39, 0.29) is 12.2 Å². The molecule has 0 saturated carbocycles. The van der Waals surface area contributed by atoms with Crippen molar-refractivity contribution in [3.63, 3.8) is 0 Å². The standard InChI is InChI=1S/C14H20BrNO2/c1-2-13(17)9-16-7-8-18-14(10-16)11-3-5-12(15)6-4-11/h3-6,13-14,17H,2,7-10H2,1H3. The number of nitrogens with zero attached hydrogens (tertiary/aromatic N) is 1. The number of β-amino-alcohol motifs (C(OH)–C–C–N with tert-alkyl or cyclic N) is 1. The summed E-state index contributed by atoms with van der Waals surface area (Å²) in [4.78, 5) is 2.28. The van der Waals surface area contributed by atoms with E-state index in [2.05, 4.69) is 33.0 Å². The molecule has 18 heavy (non-hydrogen) atoms. The Balaban J connectivity index is 1.96. The minimum Gasteiger partial charge on any atom is -0.392 e. The number of morpholine rings is 1. The van der Waals surface area contributed by atoms with Gasteiger partial charge in [0, 0.05) is 24.1 Å². The summed E-state index contributed by atoms with van der Waals surface area (Å²) in [6.45, 7) is 5.25. The second-order valence-electron chi connectivity index (χ2n) is 4.73. The first-order valence-corrected chi connectivity index (χ1v) is 7.26. The van der Waals surface area contributed by atoms with E-state index in [0.717, 1.165) is 37.1 Å². The zero-order chi connectivity index (χ0) is 13.0. The molecule has 0 amide bonds. The molecule has 2 rings (SSSR count). The van der Waals surface area contributed by atoms with Crippen LogP contribution in [0.4, 0.5) is 0 Å². The van der Waals surface area contributed by atoms with Crippen LogP contribution in [0.25, 0.3) is 0 Å². The molecular formula is C14H20BrNO2. The van der Waals surface area contributed by atoms with Crippen molar-refractivity contribution in [2.75, 3.05) is 26.2 Å². The van der Waals surface area contributed by atoms with Crippen LogP contribution < -0.4 is 0 Å². The minimum absolute atomic E-state index is 0.121. The number of rotatable bonds is 4. The molecule has 1 aromatic rings. The third-order valence-electron chi connectivity index (χ3n) is 3.33. The van der Waals surface area contributed by atoms with Crippen molar-refractivity contribution in [3.05, 3.63) is 34.3 Å². The lowest BCUT2D eigenvalue weighted by Gasteiger charge is -2.34. The molecule has 1 aromatic carbocycles. The van der Waals surface area contributed by atoms with Crippen LogP contribution in [-0.4, -0.2) is 42.4 Å². The molecule has 0 spiro atoms. The lowest BCUT2D eigenvalue weighted by atomic mass is 10.1. The fourth-order valence-electron chi connectivity index (χ4n) is 2.17. The molecule has 0 aromatic heterocycles. The van der Waals surface area contributed by atoms with Gasteiger partial charge in [0.1, 0.15) is 0 Å². The summed E-state index contributed by atoms with van der Waals surface area (Å²) in [5, 5.41) is 9.71. The SMILES string of the molecule is CCC(O)CN1CCOC(c2ccc(Br)cc2)C1. The first-order valence-electron chi connectivity index (χ1n) is 6.46. The second kappa shape index (κ2) is 6.66. The van der Waals surface area contributed by atoms with E-state index in [1.807, 2.05) is 19.1 Å². The van der Waals surface area contributed by atoms with E-state index >= 15 is 0 Å². The lowest BCUT2D eigenvalue weighted by Crippen LogP contribution is -2.42. The highest BCUT2D eigenvalue weighted by atomic mass is 79.9. The van der Waals surface area contributed by atoms with Gasteiger partial charge in [-0.25, -0.2) is 0 Å². The third kappa shape index (κ3) is 3.79. The average molecular weight is 314 g/mol. The number of aliphatic hydroxyl groups is 1. The van der Waals surface area contributed by atoms with Crippen LogP contribution in [0.1, 0.15) is 25.0 Å². The van der Waals surface area contributed by atoms with Gasteiger partial charge in [-0.05, 0) is 24.1 Å². The Morgan fingerprint density at radius 1 is 1.44 bits per heavy atom. The van der Waals surface area contributed by atoms with Gasteiger partial charge in [0.15, 0.2) is 0 Å². The van der Waals surface area contributed by atoms with Crippen molar-refractivity contribution >= 4 is 15.9 Å². The van der Waals surface area contributed by atoms with Crippen LogP contribution in [0.2, 0.25) is 0 Å². The van der Waals surface area contributed by atoms with Crippen molar-refractivity contribution in [2.45, 2.75) is 25.6 Å². The zero-order valence-corrected chi connectivity index (χ0v) is 12.3. The Morgan fingerprint density at radius 2 is 2.17 bits per heavy atom. The van der Waals surface area contributed by atoms with Crippen LogP contribution in [0, 0.1) is 0 Å². The van der Waals surface area contributed by atoms with Gasteiger partial charge < -0.3 is 9.84 Å². The van der Waals surface area contributed by atoms with Crippen molar-refractivity contribution in [2.24, 2.45) is 0 Å². The van der Waals surface area contributed by atoms with Crippen LogP contribution >= 0.6 is 15.9 Å². The normalized spacial score (nSPS) is 22.9. The van der Waals surface area contributed by atoms with Crippen molar-refractivity contribution < 1.29 is 9.84 Å². The summed E-state index contributed by atoms with van der Waals surface area (Å²) in [5.41, 5.74) is 1.20. The molecule has 1 saturated heterocycles. The second-order valence-corrected chi connectivity index (χ2v) is 5.65. The maximum absolute atomic E-state index is 9.71. The Labute approximate surface area is 117 Å². The molecule has 0 radical (unpaired) electrons. The molecule has 3 nitrogen and oxygen atoms in total. The number of halogens is 1. The number of hydrogen-bond acceptors (Lipinski definition) is 3. The van der Waals surface area contributed by atoms with Crippen molar-refractivity contribution in [1.29, 1.82) is 0 Å². The largest absolute Gasteiger partial charge is 0.392 e. The van der Waals surface area contributed by atoms with Gasteiger partial charge in [0.2, 0.25) is 0 Å². The Bertz CT molecular complexity index is 369. The molecule has 1 fully saturated rings. The minimum atomic E-state index is -0.228. The molecule has 4 heteroatoms. The van der Waals surface area contributed by atoms with Crippen LogP contribution in [0.15, 0.2) is 28.7 Å². The predicted octanol–water partition coefficient (Wildman–Crippen LogP) is 2.59. The number of aliphatic hydroxyl groups excluding tert-OH is 1. The molecule has 0 aliphatic carbocycles. The smallest absolute Gasteiger partial charge is 0.0952 e. The molecular weight excluding hydrogens is 294 g/mol. The molecule has 1 heterocycles. The Morgan fingerprint density at radius 3 is 2.83 bits per heavy atom. The maximum Gasteiger partial charge on any atom is 0.0952 e.